The highest BCUT2D eigenvalue weighted by molar-refractivity contribution is 6.35. The Kier molecular flexibility index (Phi) is 8.63. The number of urea groups is 1. The van der Waals surface area contributed by atoms with Crippen molar-refractivity contribution in [1.82, 2.24) is 10.6 Å². The molecule has 0 aromatic heterocycles. The maximum absolute atomic E-state index is 12.8. The van der Waals surface area contributed by atoms with E-state index in [2.05, 4.69) is 36.6 Å². The number of halogens is 2. The molecule has 0 saturated heterocycles. The van der Waals surface area contributed by atoms with Crippen molar-refractivity contribution < 1.29 is 19.2 Å². The molecule has 0 spiro atoms. The van der Waals surface area contributed by atoms with Gasteiger partial charge in [-0.15, -0.1) is 10.2 Å². The van der Waals surface area contributed by atoms with Crippen LogP contribution in [0.4, 0.5) is 16.2 Å². The molecule has 0 unspecified atom stereocenters. The molecule has 1 aliphatic rings. The number of amides is 3. The minimum Gasteiger partial charge on any atom is -0.455 e. The van der Waals surface area contributed by atoms with Crippen LogP contribution in [0, 0.1) is 10.1 Å². The predicted octanol–water partition coefficient (Wildman–Crippen LogP) is 6.01. The largest absolute Gasteiger partial charge is 0.455 e. The maximum Gasteiger partial charge on any atom is 0.319 e. The summed E-state index contributed by atoms with van der Waals surface area (Å²) in [5.41, 5.74) is -0.732. The zero-order valence-electron chi connectivity index (χ0n) is 20.0. The van der Waals surface area contributed by atoms with Gasteiger partial charge in [-0.05, 0) is 46.8 Å². The van der Waals surface area contributed by atoms with E-state index in [1.807, 2.05) is 0 Å². The highest BCUT2D eigenvalue weighted by Gasteiger charge is 2.40. The number of nitrogens with one attached hydrogen (secondary N) is 3. The summed E-state index contributed by atoms with van der Waals surface area (Å²) in [6.45, 7) is 0.213. The molecule has 0 bridgehead atoms. The van der Waals surface area contributed by atoms with Crippen molar-refractivity contribution >= 4 is 46.5 Å². The topological polar surface area (TPSA) is 172 Å². The predicted molar refractivity (Wildman–Crippen MR) is 142 cm³/mol. The summed E-state index contributed by atoms with van der Waals surface area (Å²) >= 11 is 12.2. The van der Waals surface area contributed by atoms with Gasteiger partial charge in [0.2, 0.25) is 11.6 Å². The first-order chi connectivity index (χ1) is 18.8. The second-order valence-electron chi connectivity index (χ2n) is 8.08. The monoisotopic (exact) mass is 570 g/mol. The average molecular weight is 571 g/mol. The van der Waals surface area contributed by atoms with Gasteiger partial charge in [0.1, 0.15) is 11.5 Å². The lowest BCUT2D eigenvalue weighted by atomic mass is 9.96. The molecule has 3 aromatic rings. The molecule has 0 radical (unpaired) electrons. The van der Waals surface area contributed by atoms with Gasteiger partial charge in [-0.2, -0.15) is 0 Å². The molecule has 15 heteroatoms. The molecule has 0 fully saturated rings. The van der Waals surface area contributed by atoms with Crippen LogP contribution in [-0.4, -0.2) is 30.0 Å². The summed E-state index contributed by atoms with van der Waals surface area (Å²) < 4.78 is 5.99. The fourth-order valence-corrected chi connectivity index (χ4v) is 4.00. The highest BCUT2D eigenvalue weighted by atomic mass is 35.5. The third kappa shape index (κ3) is 7.03. The number of non-ortho nitro benzene ring substituents is 1. The molecule has 3 amide bonds. The van der Waals surface area contributed by atoms with E-state index in [-0.39, 0.29) is 25.2 Å². The summed E-state index contributed by atoms with van der Waals surface area (Å²) in [6.07, 6.45) is -0.232. The van der Waals surface area contributed by atoms with E-state index in [0.29, 0.717) is 32.8 Å². The SMILES string of the molecule is O=C(CC1(c2ccccc2Oc2ccc(Cl)cc2Cl)N=NN=N1)NCCNC(=O)Nc1ccc([N+](=O)[O-])cc1. The molecule has 0 aliphatic carbocycles. The van der Waals surface area contributed by atoms with Crippen LogP contribution in [0.1, 0.15) is 12.0 Å². The first kappa shape index (κ1) is 27.4. The van der Waals surface area contributed by atoms with Crippen LogP contribution < -0.4 is 20.7 Å². The Morgan fingerprint density at radius 2 is 1.62 bits per heavy atom. The van der Waals surface area contributed by atoms with E-state index in [4.69, 9.17) is 27.9 Å². The van der Waals surface area contributed by atoms with Gasteiger partial charge >= 0.3 is 6.03 Å². The van der Waals surface area contributed by atoms with Crippen molar-refractivity contribution in [1.29, 1.82) is 0 Å². The minimum atomic E-state index is -1.46. The van der Waals surface area contributed by atoms with Gasteiger partial charge < -0.3 is 20.7 Å². The molecule has 1 aliphatic heterocycles. The number of hydrogen-bond donors (Lipinski definition) is 3. The van der Waals surface area contributed by atoms with Crippen molar-refractivity contribution in [3.8, 4) is 11.5 Å². The number of carbonyl (C=O) groups is 2. The normalized spacial score (nSPS) is 13.1. The first-order valence-corrected chi connectivity index (χ1v) is 12.1. The van der Waals surface area contributed by atoms with E-state index in [9.17, 15) is 19.7 Å². The maximum atomic E-state index is 12.8. The molecular formula is C24H20Cl2N8O5. The number of anilines is 1. The van der Waals surface area contributed by atoms with Gasteiger partial charge in [0.25, 0.3) is 5.69 Å². The van der Waals surface area contributed by atoms with Gasteiger partial charge in [0.05, 0.1) is 16.4 Å². The van der Waals surface area contributed by atoms with E-state index in [1.54, 1.807) is 42.5 Å². The Labute approximate surface area is 231 Å². The second kappa shape index (κ2) is 12.3. The smallest absolute Gasteiger partial charge is 0.319 e. The second-order valence-corrected chi connectivity index (χ2v) is 8.92. The van der Waals surface area contributed by atoms with Gasteiger partial charge in [-0.1, -0.05) is 41.4 Å². The number of carbonyl (C=O) groups excluding carboxylic acids is 2. The molecule has 0 atom stereocenters. The molecule has 39 heavy (non-hydrogen) atoms. The zero-order valence-corrected chi connectivity index (χ0v) is 21.5. The van der Waals surface area contributed by atoms with Gasteiger partial charge in [-0.25, -0.2) is 4.79 Å². The van der Waals surface area contributed by atoms with E-state index < -0.39 is 22.5 Å². The number of nitro groups is 1. The lowest BCUT2D eigenvalue weighted by Gasteiger charge is -2.22. The van der Waals surface area contributed by atoms with Crippen molar-refractivity contribution in [3.05, 3.63) is 92.5 Å². The van der Waals surface area contributed by atoms with Crippen molar-refractivity contribution in [2.24, 2.45) is 20.7 Å². The number of benzene rings is 3. The summed E-state index contributed by atoms with van der Waals surface area (Å²) in [4.78, 5) is 35.0. The Morgan fingerprint density at radius 1 is 0.923 bits per heavy atom. The average Bonchev–Trinajstić information content (AvgIpc) is 3.38. The number of hydrogen-bond acceptors (Lipinski definition) is 9. The Morgan fingerprint density at radius 3 is 2.31 bits per heavy atom. The van der Waals surface area contributed by atoms with E-state index in [0.717, 1.165) is 0 Å². The summed E-state index contributed by atoms with van der Waals surface area (Å²) in [7, 11) is 0. The van der Waals surface area contributed by atoms with Crippen molar-refractivity contribution in [2.75, 3.05) is 18.4 Å². The van der Waals surface area contributed by atoms with Crippen LogP contribution in [0.5, 0.6) is 11.5 Å². The quantitative estimate of drug-likeness (QED) is 0.153. The number of nitro benzene ring substituents is 1. The molecule has 13 nitrogen and oxygen atoms in total. The van der Waals surface area contributed by atoms with Crippen LogP contribution in [0.15, 0.2) is 87.4 Å². The van der Waals surface area contributed by atoms with Crippen LogP contribution in [0.2, 0.25) is 10.0 Å². The van der Waals surface area contributed by atoms with Crippen LogP contribution in [0.3, 0.4) is 0 Å². The van der Waals surface area contributed by atoms with Crippen LogP contribution in [0.25, 0.3) is 0 Å². The van der Waals surface area contributed by atoms with E-state index in [1.165, 1.54) is 24.3 Å². The Bertz CT molecular complexity index is 1440. The fourth-order valence-electron chi connectivity index (χ4n) is 3.55. The Balaban J connectivity index is 1.33. The Hall–Kier alpha value is -4.62. The fraction of sp³-hybridized carbons (Fsp3) is 0.167. The highest BCUT2D eigenvalue weighted by Crippen LogP contribution is 2.43. The molecule has 0 saturated carbocycles. The number of nitrogens with zero attached hydrogens (tertiary/aromatic N) is 5. The molecular weight excluding hydrogens is 551 g/mol. The van der Waals surface area contributed by atoms with Gasteiger partial charge in [0, 0.05) is 41.5 Å². The van der Waals surface area contributed by atoms with Gasteiger partial charge in [-0.3, -0.25) is 14.9 Å². The van der Waals surface area contributed by atoms with Crippen LogP contribution >= 0.6 is 23.2 Å². The summed E-state index contributed by atoms with van der Waals surface area (Å²) in [5.74, 6) is 0.267. The lowest BCUT2D eigenvalue weighted by molar-refractivity contribution is -0.384. The number of rotatable bonds is 10. The van der Waals surface area contributed by atoms with Crippen molar-refractivity contribution in [2.45, 2.75) is 12.1 Å². The minimum absolute atomic E-state index is 0.0919. The van der Waals surface area contributed by atoms with Gasteiger partial charge in [0.15, 0.2) is 0 Å². The standard InChI is InChI=1S/C24H20Cl2N8O5/c25-15-5-10-21(19(26)13-15)39-20-4-2-1-3-18(20)24(30-32-33-31-24)14-22(35)27-11-12-28-23(36)29-16-6-8-17(9-7-16)34(37)38/h1-10,13H,11-12,14H2,(H,27,35)(H2,28,29,36). The molecule has 200 valence electrons. The number of ether oxygens (including phenoxy) is 1. The molecule has 3 aromatic carbocycles. The molecule has 4 rings (SSSR count). The first-order valence-electron chi connectivity index (χ1n) is 11.4. The van der Waals surface area contributed by atoms with Crippen LogP contribution in [-0.2, 0) is 10.5 Å². The molecule has 3 N–H and O–H groups in total. The summed E-state index contributed by atoms with van der Waals surface area (Å²) in [5, 5.41) is 34.7. The van der Waals surface area contributed by atoms with Crippen molar-refractivity contribution in [3.63, 3.8) is 0 Å². The third-order valence-corrected chi connectivity index (χ3v) is 5.90. The number of para-hydroxylation sites is 1. The zero-order chi connectivity index (χ0) is 27.8. The van der Waals surface area contributed by atoms with E-state index >= 15 is 0 Å². The third-order valence-electron chi connectivity index (χ3n) is 5.37. The lowest BCUT2D eigenvalue weighted by Crippen LogP contribution is -2.38. The molecule has 1 heterocycles. The summed E-state index contributed by atoms with van der Waals surface area (Å²) in [6, 6.07) is 16.5.